The Hall–Kier alpha value is -0.343. The summed E-state index contributed by atoms with van der Waals surface area (Å²) in [5.41, 5.74) is 0.535. The van der Waals surface area contributed by atoms with E-state index in [1.54, 1.807) is 0 Å². The highest BCUT2D eigenvalue weighted by atomic mass is 28.3. The standard InChI is InChI=1S/C16H31NSi/c1-14(2,3)13-16(11-9-10-12-16)18(7,8)17-15(4,5)6/h9-12,17H,13H2,1-8H3. The molecule has 0 aromatic carbocycles. The lowest BCUT2D eigenvalue weighted by Crippen LogP contribution is -2.60. The zero-order valence-corrected chi connectivity index (χ0v) is 14.5. The van der Waals surface area contributed by atoms with Gasteiger partial charge in [-0.25, -0.2) is 0 Å². The number of hydrogen-bond acceptors (Lipinski definition) is 1. The first kappa shape index (κ1) is 15.7. The predicted octanol–water partition coefficient (Wildman–Crippen LogP) is 4.88. The monoisotopic (exact) mass is 265 g/mol. The number of allylic oxidation sites excluding steroid dienone is 4. The second-order valence-corrected chi connectivity index (χ2v) is 12.9. The Labute approximate surface area is 115 Å². The summed E-state index contributed by atoms with van der Waals surface area (Å²) in [7, 11) is -1.59. The molecule has 0 aromatic rings. The van der Waals surface area contributed by atoms with Crippen molar-refractivity contribution in [3.8, 4) is 0 Å². The molecule has 104 valence electrons. The molecule has 1 rings (SSSR count). The summed E-state index contributed by atoms with van der Waals surface area (Å²) < 4.78 is 0. The van der Waals surface area contributed by atoms with Crippen molar-refractivity contribution in [3.63, 3.8) is 0 Å². The van der Waals surface area contributed by atoms with Crippen molar-refractivity contribution in [2.24, 2.45) is 5.41 Å². The number of rotatable bonds is 3. The minimum Gasteiger partial charge on any atom is -0.332 e. The highest BCUT2D eigenvalue weighted by molar-refractivity contribution is 6.79. The smallest absolute Gasteiger partial charge is 0.133 e. The van der Waals surface area contributed by atoms with Gasteiger partial charge in [0.15, 0.2) is 0 Å². The molecular weight excluding hydrogens is 234 g/mol. The molecule has 0 heterocycles. The van der Waals surface area contributed by atoms with Crippen LogP contribution < -0.4 is 4.98 Å². The lowest BCUT2D eigenvalue weighted by Gasteiger charge is -2.47. The van der Waals surface area contributed by atoms with Crippen LogP contribution in [0.2, 0.25) is 18.1 Å². The molecule has 2 heteroatoms. The average molecular weight is 266 g/mol. The summed E-state index contributed by atoms with van der Waals surface area (Å²) in [6.45, 7) is 18.8. The Morgan fingerprint density at radius 2 is 1.39 bits per heavy atom. The minimum absolute atomic E-state index is 0.185. The molecule has 0 fully saturated rings. The van der Waals surface area contributed by atoms with E-state index in [2.05, 4.69) is 83.9 Å². The molecule has 0 aromatic heterocycles. The van der Waals surface area contributed by atoms with Crippen molar-refractivity contribution in [1.82, 2.24) is 4.98 Å². The summed E-state index contributed by atoms with van der Waals surface area (Å²) in [5.74, 6) is 0. The van der Waals surface area contributed by atoms with Gasteiger partial charge >= 0.3 is 0 Å². The van der Waals surface area contributed by atoms with Crippen LogP contribution in [0.1, 0.15) is 48.0 Å². The van der Waals surface area contributed by atoms with E-state index in [1.807, 2.05) is 0 Å². The van der Waals surface area contributed by atoms with Crippen molar-refractivity contribution < 1.29 is 0 Å². The number of hydrogen-bond donors (Lipinski definition) is 1. The molecule has 1 N–H and O–H groups in total. The van der Waals surface area contributed by atoms with E-state index in [0.29, 0.717) is 5.41 Å². The molecule has 0 bridgehead atoms. The molecular formula is C16H31NSi. The predicted molar refractivity (Wildman–Crippen MR) is 85.4 cm³/mol. The van der Waals surface area contributed by atoms with Gasteiger partial charge in [0.2, 0.25) is 0 Å². The van der Waals surface area contributed by atoms with Crippen molar-refractivity contribution in [3.05, 3.63) is 24.3 Å². The van der Waals surface area contributed by atoms with E-state index >= 15 is 0 Å². The van der Waals surface area contributed by atoms with Crippen LogP contribution in [0.15, 0.2) is 24.3 Å². The lowest BCUT2D eigenvalue weighted by atomic mass is 9.84. The van der Waals surface area contributed by atoms with Gasteiger partial charge < -0.3 is 4.98 Å². The van der Waals surface area contributed by atoms with Crippen LogP contribution in [-0.2, 0) is 0 Å². The molecule has 1 aliphatic rings. The van der Waals surface area contributed by atoms with Crippen LogP contribution in [0, 0.1) is 5.41 Å². The quantitative estimate of drug-likeness (QED) is 0.717. The van der Waals surface area contributed by atoms with E-state index in [9.17, 15) is 0 Å². The van der Waals surface area contributed by atoms with E-state index < -0.39 is 8.24 Å². The summed E-state index contributed by atoms with van der Waals surface area (Å²) >= 11 is 0. The number of nitrogens with one attached hydrogen (secondary N) is 1. The van der Waals surface area contributed by atoms with Crippen LogP contribution in [0.3, 0.4) is 0 Å². The van der Waals surface area contributed by atoms with Gasteiger partial charge in [-0.15, -0.1) is 0 Å². The SMILES string of the molecule is CC(C)(C)CC1([Si](C)(C)NC(C)(C)C)C=CC=C1. The summed E-state index contributed by atoms with van der Waals surface area (Å²) in [6.07, 6.45) is 10.5. The fourth-order valence-corrected chi connectivity index (χ4v) is 7.30. The maximum atomic E-state index is 3.94. The molecule has 0 saturated carbocycles. The first-order chi connectivity index (χ1) is 7.87. The Bertz CT molecular complexity index is 338. The Balaban J connectivity index is 3.06. The van der Waals surface area contributed by atoms with Crippen molar-refractivity contribution in [2.45, 2.75) is 71.6 Å². The van der Waals surface area contributed by atoms with Crippen LogP contribution in [0.5, 0.6) is 0 Å². The van der Waals surface area contributed by atoms with Crippen molar-refractivity contribution >= 4 is 8.24 Å². The maximum absolute atomic E-state index is 3.94. The van der Waals surface area contributed by atoms with Crippen LogP contribution in [-0.4, -0.2) is 13.8 Å². The molecule has 0 aliphatic heterocycles. The summed E-state index contributed by atoms with van der Waals surface area (Å²) in [5, 5.41) is 0.249. The minimum atomic E-state index is -1.59. The first-order valence-corrected chi connectivity index (χ1v) is 10.0. The topological polar surface area (TPSA) is 12.0 Å². The van der Waals surface area contributed by atoms with E-state index in [1.165, 1.54) is 6.42 Å². The first-order valence-electron chi connectivity index (χ1n) is 7.03. The zero-order chi connectivity index (χ0) is 14.2. The largest absolute Gasteiger partial charge is 0.332 e. The van der Waals surface area contributed by atoms with Gasteiger partial charge in [-0.3, -0.25) is 0 Å². The summed E-state index contributed by atoms with van der Waals surface area (Å²) in [4.78, 5) is 3.94. The van der Waals surface area contributed by atoms with E-state index in [-0.39, 0.29) is 10.6 Å². The molecule has 0 atom stereocenters. The third-order valence-corrected chi connectivity index (χ3v) is 7.78. The lowest BCUT2D eigenvalue weighted by molar-refractivity contribution is 0.348. The van der Waals surface area contributed by atoms with Gasteiger partial charge in [0.1, 0.15) is 8.24 Å². The third kappa shape index (κ3) is 3.82. The van der Waals surface area contributed by atoms with Crippen LogP contribution >= 0.6 is 0 Å². The molecule has 1 aliphatic carbocycles. The van der Waals surface area contributed by atoms with E-state index in [4.69, 9.17) is 0 Å². The Morgan fingerprint density at radius 3 is 1.72 bits per heavy atom. The third-order valence-electron chi connectivity index (χ3n) is 3.57. The normalized spacial score (nSPS) is 19.6. The Kier molecular flexibility index (Phi) is 4.05. The Morgan fingerprint density at radius 1 is 0.944 bits per heavy atom. The van der Waals surface area contributed by atoms with Gasteiger partial charge in [0.25, 0.3) is 0 Å². The molecule has 1 nitrogen and oxygen atoms in total. The van der Waals surface area contributed by atoms with Crippen LogP contribution in [0.4, 0.5) is 0 Å². The van der Waals surface area contributed by atoms with Crippen molar-refractivity contribution in [2.75, 3.05) is 0 Å². The van der Waals surface area contributed by atoms with E-state index in [0.717, 1.165) is 0 Å². The van der Waals surface area contributed by atoms with Gasteiger partial charge in [0, 0.05) is 10.6 Å². The second-order valence-electron chi connectivity index (χ2n) is 8.50. The molecule has 0 spiro atoms. The molecule has 0 amide bonds. The molecule has 0 radical (unpaired) electrons. The fraction of sp³-hybridized carbons (Fsp3) is 0.750. The average Bonchev–Trinajstić information content (AvgIpc) is 2.45. The second kappa shape index (κ2) is 4.64. The van der Waals surface area contributed by atoms with Gasteiger partial charge in [-0.2, -0.15) is 0 Å². The summed E-state index contributed by atoms with van der Waals surface area (Å²) in [6, 6.07) is 0. The molecule has 0 unspecified atom stereocenters. The van der Waals surface area contributed by atoms with Crippen molar-refractivity contribution in [1.29, 1.82) is 0 Å². The fourth-order valence-electron chi connectivity index (χ4n) is 3.20. The molecule has 18 heavy (non-hydrogen) atoms. The van der Waals surface area contributed by atoms with Crippen LogP contribution in [0.25, 0.3) is 0 Å². The maximum Gasteiger partial charge on any atom is 0.133 e. The highest BCUT2D eigenvalue weighted by Gasteiger charge is 2.47. The zero-order valence-electron chi connectivity index (χ0n) is 13.5. The van der Waals surface area contributed by atoms with Gasteiger partial charge in [0.05, 0.1) is 0 Å². The highest BCUT2D eigenvalue weighted by Crippen LogP contribution is 2.51. The van der Waals surface area contributed by atoms with Gasteiger partial charge in [-0.1, -0.05) is 58.2 Å². The van der Waals surface area contributed by atoms with Gasteiger partial charge in [-0.05, 0) is 32.6 Å². The molecule has 0 saturated heterocycles.